The summed E-state index contributed by atoms with van der Waals surface area (Å²) < 4.78 is 5.34. The summed E-state index contributed by atoms with van der Waals surface area (Å²) in [4.78, 5) is 20.3. The summed E-state index contributed by atoms with van der Waals surface area (Å²) in [6.07, 6.45) is 2.83. The molecule has 0 aliphatic carbocycles. The van der Waals surface area contributed by atoms with Crippen molar-refractivity contribution in [2.24, 2.45) is 5.92 Å². The molecule has 0 aliphatic rings. The lowest BCUT2D eigenvalue weighted by atomic mass is 9.97. The number of aromatic nitrogens is 2. The second-order valence-electron chi connectivity index (χ2n) is 5.40. The zero-order valence-corrected chi connectivity index (χ0v) is 13.2. The van der Waals surface area contributed by atoms with E-state index in [1.54, 1.807) is 19.4 Å². The van der Waals surface area contributed by atoms with E-state index in [9.17, 15) is 4.79 Å². The number of para-hydroxylation sites is 1. The van der Waals surface area contributed by atoms with Crippen LogP contribution in [-0.2, 0) is 11.2 Å². The lowest BCUT2D eigenvalue weighted by Crippen LogP contribution is -2.18. The normalized spacial score (nSPS) is 11.8. The van der Waals surface area contributed by atoms with Crippen LogP contribution >= 0.6 is 0 Å². The van der Waals surface area contributed by atoms with Crippen molar-refractivity contribution in [1.82, 2.24) is 9.97 Å². The Hall–Kier alpha value is -2.43. The van der Waals surface area contributed by atoms with Gasteiger partial charge in [0, 0.05) is 18.3 Å². The lowest BCUT2D eigenvalue weighted by molar-refractivity contribution is -0.117. The third-order valence-corrected chi connectivity index (χ3v) is 3.34. The molecular weight excluding hydrogens is 278 g/mol. The van der Waals surface area contributed by atoms with Gasteiger partial charge in [0.15, 0.2) is 0 Å². The number of hydrogen-bond donors (Lipinski definition) is 1. The summed E-state index contributed by atoms with van der Waals surface area (Å²) in [7, 11) is 1.66. The fourth-order valence-electron chi connectivity index (χ4n) is 2.32. The van der Waals surface area contributed by atoms with Crippen LogP contribution in [0, 0.1) is 12.8 Å². The first kappa shape index (κ1) is 15.9. The minimum Gasteiger partial charge on any atom is -0.496 e. The van der Waals surface area contributed by atoms with Crippen LogP contribution in [0.15, 0.2) is 36.5 Å². The number of methoxy groups -OCH3 is 1. The van der Waals surface area contributed by atoms with E-state index in [1.807, 2.05) is 38.1 Å². The molecule has 1 unspecified atom stereocenters. The minimum atomic E-state index is -0.0759. The number of nitrogens with one attached hydrogen (secondary N) is 1. The first-order valence-corrected chi connectivity index (χ1v) is 7.30. The van der Waals surface area contributed by atoms with Crippen molar-refractivity contribution in [2.75, 3.05) is 12.4 Å². The highest BCUT2D eigenvalue weighted by Gasteiger charge is 2.13. The molecule has 2 rings (SSSR count). The fraction of sp³-hybridized carbons (Fsp3) is 0.353. The van der Waals surface area contributed by atoms with Crippen molar-refractivity contribution in [3.8, 4) is 5.75 Å². The molecule has 1 N–H and O–H groups in total. The van der Waals surface area contributed by atoms with Gasteiger partial charge >= 0.3 is 0 Å². The monoisotopic (exact) mass is 299 g/mol. The molecule has 22 heavy (non-hydrogen) atoms. The van der Waals surface area contributed by atoms with Crippen LogP contribution < -0.4 is 10.1 Å². The van der Waals surface area contributed by atoms with Crippen molar-refractivity contribution in [3.05, 3.63) is 47.8 Å². The highest BCUT2D eigenvalue weighted by Crippen LogP contribution is 2.22. The van der Waals surface area contributed by atoms with Crippen molar-refractivity contribution in [1.29, 1.82) is 0 Å². The number of hydrogen-bond acceptors (Lipinski definition) is 4. The van der Waals surface area contributed by atoms with E-state index in [-0.39, 0.29) is 11.8 Å². The van der Waals surface area contributed by atoms with Gasteiger partial charge in [-0.3, -0.25) is 10.1 Å². The van der Waals surface area contributed by atoms with Gasteiger partial charge < -0.3 is 4.74 Å². The molecule has 1 aromatic carbocycles. The SMILES string of the molecule is COc1ccccc1CC(C)CC(=O)Nc1nccc(C)n1. The minimum absolute atomic E-state index is 0.0759. The third kappa shape index (κ3) is 4.55. The zero-order valence-electron chi connectivity index (χ0n) is 13.2. The first-order chi connectivity index (χ1) is 10.6. The number of anilines is 1. The average molecular weight is 299 g/mol. The predicted octanol–water partition coefficient (Wildman–Crippen LogP) is 3.00. The molecule has 0 spiro atoms. The van der Waals surface area contributed by atoms with Crippen molar-refractivity contribution >= 4 is 11.9 Å². The summed E-state index contributed by atoms with van der Waals surface area (Å²) in [6.45, 7) is 3.91. The number of aryl methyl sites for hydroxylation is 1. The van der Waals surface area contributed by atoms with Gasteiger partial charge in [0.25, 0.3) is 0 Å². The van der Waals surface area contributed by atoms with E-state index in [1.165, 1.54) is 0 Å². The third-order valence-electron chi connectivity index (χ3n) is 3.34. The number of carbonyl (C=O) groups excluding carboxylic acids is 1. The highest BCUT2D eigenvalue weighted by molar-refractivity contribution is 5.89. The van der Waals surface area contributed by atoms with Gasteiger partial charge in [-0.15, -0.1) is 0 Å². The van der Waals surface area contributed by atoms with Crippen LogP contribution in [0.1, 0.15) is 24.6 Å². The molecule has 116 valence electrons. The Labute approximate surface area is 130 Å². The number of amides is 1. The Morgan fingerprint density at radius 3 is 2.82 bits per heavy atom. The van der Waals surface area contributed by atoms with Gasteiger partial charge in [0.05, 0.1) is 7.11 Å². The fourth-order valence-corrected chi connectivity index (χ4v) is 2.32. The van der Waals surface area contributed by atoms with Gasteiger partial charge in [0.2, 0.25) is 11.9 Å². The van der Waals surface area contributed by atoms with Crippen LogP contribution in [0.3, 0.4) is 0 Å². The van der Waals surface area contributed by atoms with E-state index >= 15 is 0 Å². The lowest BCUT2D eigenvalue weighted by Gasteiger charge is -2.13. The van der Waals surface area contributed by atoms with Crippen LogP contribution in [0.5, 0.6) is 5.75 Å². The molecule has 0 saturated heterocycles. The Morgan fingerprint density at radius 2 is 2.09 bits per heavy atom. The number of nitrogens with zero attached hydrogens (tertiary/aromatic N) is 2. The Kier molecular flexibility index (Phi) is 5.47. The van der Waals surface area contributed by atoms with Gasteiger partial charge in [0.1, 0.15) is 5.75 Å². The van der Waals surface area contributed by atoms with E-state index in [4.69, 9.17) is 4.74 Å². The molecular formula is C17H21N3O2. The molecule has 0 bridgehead atoms. The second kappa shape index (κ2) is 7.54. The van der Waals surface area contributed by atoms with E-state index < -0.39 is 0 Å². The van der Waals surface area contributed by atoms with Gasteiger partial charge in [-0.25, -0.2) is 9.97 Å². The maximum absolute atomic E-state index is 12.1. The summed E-state index contributed by atoms with van der Waals surface area (Å²) in [5, 5.41) is 2.74. The molecule has 1 heterocycles. The van der Waals surface area contributed by atoms with Gasteiger partial charge in [-0.05, 0) is 37.0 Å². The van der Waals surface area contributed by atoms with Crippen LogP contribution in [0.2, 0.25) is 0 Å². The molecule has 5 heteroatoms. The maximum atomic E-state index is 12.1. The quantitative estimate of drug-likeness (QED) is 0.890. The highest BCUT2D eigenvalue weighted by atomic mass is 16.5. The van der Waals surface area contributed by atoms with E-state index in [0.29, 0.717) is 12.4 Å². The molecule has 1 amide bonds. The Bertz CT molecular complexity index is 643. The first-order valence-electron chi connectivity index (χ1n) is 7.30. The van der Waals surface area contributed by atoms with Crippen LogP contribution in [-0.4, -0.2) is 23.0 Å². The van der Waals surface area contributed by atoms with Crippen molar-refractivity contribution in [3.63, 3.8) is 0 Å². The summed E-state index contributed by atoms with van der Waals surface area (Å²) in [5.41, 5.74) is 1.93. The Morgan fingerprint density at radius 1 is 1.32 bits per heavy atom. The van der Waals surface area contributed by atoms with Crippen LogP contribution in [0.25, 0.3) is 0 Å². The zero-order chi connectivity index (χ0) is 15.9. The molecule has 1 aromatic heterocycles. The van der Waals surface area contributed by atoms with E-state index in [2.05, 4.69) is 15.3 Å². The number of ether oxygens (including phenoxy) is 1. The standard InChI is InChI=1S/C17H21N3O2/c1-12(10-14-6-4-5-7-15(14)22-3)11-16(21)20-17-18-9-8-13(2)19-17/h4-9,12H,10-11H2,1-3H3,(H,18,19,20,21). The maximum Gasteiger partial charge on any atom is 0.229 e. The van der Waals surface area contributed by atoms with Gasteiger partial charge in [-0.2, -0.15) is 0 Å². The van der Waals surface area contributed by atoms with Gasteiger partial charge in [-0.1, -0.05) is 25.1 Å². The summed E-state index contributed by atoms with van der Waals surface area (Å²) in [5.74, 6) is 1.33. The Balaban J connectivity index is 1.91. The average Bonchev–Trinajstić information content (AvgIpc) is 2.47. The number of benzene rings is 1. The molecule has 0 aliphatic heterocycles. The molecule has 1 atom stereocenters. The summed E-state index contributed by atoms with van der Waals surface area (Å²) >= 11 is 0. The second-order valence-corrected chi connectivity index (χ2v) is 5.40. The predicted molar refractivity (Wildman–Crippen MR) is 85.9 cm³/mol. The smallest absolute Gasteiger partial charge is 0.229 e. The van der Waals surface area contributed by atoms with Crippen LogP contribution in [0.4, 0.5) is 5.95 Å². The van der Waals surface area contributed by atoms with Crippen molar-refractivity contribution < 1.29 is 9.53 Å². The summed E-state index contributed by atoms with van der Waals surface area (Å²) in [6, 6.07) is 9.67. The molecule has 0 saturated carbocycles. The molecule has 2 aromatic rings. The topological polar surface area (TPSA) is 64.1 Å². The number of carbonyl (C=O) groups is 1. The molecule has 0 fully saturated rings. The molecule has 5 nitrogen and oxygen atoms in total. The van der Waals surface area contributed by atoms with Crippen molar-refractivity contribution in [2.45, 2.75) is 26.7 Å². The number of rotatable bonds is 6. The van der Waals surface area contributed by atoms with E-state index in [0.717, 1.165) is 23.4 Å². The molecule has 0 radical (unpaired) electrons. The largest absolute Gasteiger partial charge is 0.496 e.